The van der Waals surface area contributed by atoms with E-state index in [2.05, 4.69) is 39.3 Å². The highest BCUT2D eigenvalue weighted by Gasteiger charge is 2.41. The third-order valence-electron chi connectivity index (χ3n) is 3.77. The van der Waals surface area contributed by atoms with Crippen LogP contribution in [0.3, 0.4) is 0 Å². The molecule has 0 aromatic carbocycles. The second-order valence-corrected chi connectivity index (χ2v) is 4.63. The van der Waals surface area contributed by atoms with Gasteiger partial charge in [-0.2, -0.15) is 0 Å². The van der Waals surface area contributed by atoms with Gasteiger partial charge < -0.3 is 4.57 Å². The Hall–Kier alpha value is -0.800. The Labute approximate surface area is 91.1 Å². The van der Waals surface area contributed by atoms with Crippen LogP contribution < -0.4 is 5.32 Å². The van der Waals surface area contributed by atoms with Crippen molar-refractivity contribution in [3.05, 3.63) is 24.5 Å². The third kappa shape index (κ3) is 1.42. The lowest BCUT2D eigenvalue weighted by Crippen LogP contribution is -2.55. The molecule has 3 nitrogen and oxygen atoms in total. The molecule has 2 fully saturated rings. The van der Waals surface area contributed by atoms with Crippen LogP contribution in [-0.4, -0.2) is 29.1 Å². The van der Waals surface area contributed by atoms with Gasteiger partial charge in [0.05, 0.1) is 0 Å². The molecule has 2 aliphatic rings. The van der Waals surface area contributed by atoms with E-state index in [0.29, 0.717) is 0 Å². The topological polar surface area (TPSA) is 20.2 Å². The molecule has 0 spiro atoms. The lowest BCUT2D eigenvalue weighted by Gasteiger charge is -2.40. The van der Waals surface area contributed by atoms with E-state index in [1.807, 2.05) is 0 Å². The SMILES string of the molecule is c1ccn(C2(N3CCCC3)CCCN2)c1. The molecule has 82 valence electrons. The summed E-state index contributed by atoms with van der Waals surface area (Å²) in [6, 6.07) is 4.25. The van der Waals surface area contributed by atoms with Crippen LogP contribution in [0.25, 0.3) is 0 Å². The summed E-state index contributed by atoms with van der Waals surface area (Å²) in [6.07, 6.45) is 9.61. The van der Waals surface area contributed by atoms with E-state index in [1.54, 1.807) is 0 Å². The fraction of sp³-hybridized carbons (Fsp3) is 0.667. The molecule has 3 heterocycles. The maximum absolute atomic E-state index is 3.70. The van der Waals surface area contributed by atoms with Crippen molar-refractivity contribution in [3.8, 4) is 0 Å². The molecule has 1 aromatic heterocycles. The predicted octanol–water partition coefficient (Wildman–Crippen LogP) is 1.58. The van der Waals surface area contributed by atoms with Crippen molar-refractivity contribution >= 4 is 0 Å². The molecule has 0 saturated carbocycles. The Morgan fingerprint density at radius 3 is 2.33 bits per heavy atom. The summed E-state index contributed by atoms with van der Waals surface area (Å²) >= 11 is 0. The monoisotopic (exact) mass is 205 g/mol. The largest absolute Gasteiger partial charge is 0.323 e. The van der Waals surface area contributed by atoms with Crippen molar-refractivity contribution in [2.24, 2.45) is 0 Å². The number of likely N-dealkylation sites (tertiary alicyclic amines) is 1. The van der Waals surface area contributed by atoms with Crippen LogP contribution in [0.15, 0.2) is 24.5 Å². The Kier molecular flexibility index (Phi) is 2.29. The average Bonchev–Trinajstić information content (AvgIpc) is 3.02. The van der Waals surface area contributed by atoms with E-state index < -0.39 is 0 Å². The molecule has 0 amide bonds. The van der Waals surface area contributed by atoms with Crippen LogP contribution in [0.4, 0.5) is 0 Å². The van der Waals surface area contributed by atoms with E-state index in [1.165, 1.54) is 38.8 Å². The zero-order chi connectivity index (χ0) is 10.1. The highest BCUT2D eigenvalue weighted by Crippen LogP contribution is 2.32. The third-order valence-corrected chi connectivity index (χ3v) is 3.77. The first-order chi connectivity index (χ1) is 7.42. The summed E-state index contributed by atoms with van der Waals surface area (Å²) in [6.45, 7) is 3.63. The number of hydrogen-bond acceptors (Lipinski definition) is 2. The van der Waals surface area contributed by atoms with E-state index in [9.17, 15) is 0 Å². The second-order valence-electron chi connectivity index (χ2n) is 4.63. The summed E-state index contributed by atoms with van der Waals surface area (Å²) in [5.41, 5.74) is 0. The summed E-state index contributed by atoms with van der Waals surface area (Å²) in [7, 11) is 0. The first-order valence-corrected chi connectivity index (χ1v) is 6.05. The van der Waals surface area contributed by atoms with Crippen LogP contribution >= 0.6 is 0 Å². The summed E-state index contributed by atoms with van der Waals surface area (Å²) in [4.78, 5) is 2.61. The molecule has 0 bridgehead atoms. The number of aromatic nitrogens is 1. The molecular weight excluding hydrogens is 186 g/mol. The van der Waals surface area contributed by atoms with Gasteiger partial charge in [0.15, 0.2) is 5.79 Å². The molecule has 3 rings (SSSR count). The minimum Gasteiger partial charge on any atom is -0.323 e. The maximum atomic E-state index is 3.70. The second kappa shape index (κ2) is 3.65. The number of nitrogens with one attached hydrogen (secondary N) is 1. The minimum atomic E-state index is 0.0972. The van der Waals surface area contributed by atoms with Crippen molar-refractivity contribution in [3.63, 3.8) is 0 Å². The molecule has 0 aliphatic carbocycles. The molecule has 15 heavy (non-hydrogen) atoms. The minimum absolute atomic E-state index is 0.0972. The van der Waals surface area contributed by atoms with Crippen molar-refractivity contribution in [2.45, 2.75) is 31.5 Å². The van der Waals surface area contributed by atoms with Gasteiger partial charge in [-0.25, -0.2) is 0 Å². The van der Waals surface area contributed by atoms with Crippen molar-refractivity contribution in [2.75, 3.05) is 19.6 Å². The van der Waals surface area contributed by atoms with Gasteiger partial charge in [0.1, 0.15) is 0 Å². The zero-order valence-corrected chi connectivity index (χ0v) is 9.15. The maximum Gasteiger partial charge on any atom is 0.152 e. The fourth-order valence-corrected chi connectivity index (χ4v) is 3.03. The van der Waals surface area contributed by atoms with E-state index >= 15 is 0 Å². The van der Waals surface area contributed by atoms with Crippen LogP contribution in [-0.2, 0) is 5.79 Å². The van der Waals surface area contributed by atoms with E-state index in [4.69, 9.17) is 0 Å². The molecule has 2 saturated heterocycles. The van der Waals surface area contributed by atoms with Crippen molar-refractivity contribution < 1.29 is 0 Å². The average molecular weight is 205 g/mol. The standard InChI is InChI=1S/C12H19N3/c1-2-9-14(8-1)12(6-5-7-13-12)15-10-3-4-11-15/h1-2,8-9,13H,3-7,10-11H2. The Morgan fingerprint density at radius 1 is 1.00 bits per heavy atom. The van der Waals surface area contributed by atoms with E-state index in [-0.39, 0.29) is 5.79 Å². The van der Waals surface area contributed by atoms with Gasteiger partial charge >= 0.3 is 0 Å². The highest BCUT2D eigenvalue weighted by atomic mass is 15.5. The zero-order valence-electron chi connectivity index (χ0n) is 9.15. The van der Waals surface area contributed by atoms with Gasteiger partial charge in [0.2, 0.25) is 0 Å². The van der Waals surface area contributed by atoms with Gasteiger partial charge in [-0.05, 0) is 44.4 Å². The van der Waals surface area contributed by atoms with Gasteiger partial charge in [0, 0.05) is 25.5 Å². The number of nitrogens with zero attached hydrogens (tertiary/aromatic N) is 2. The lowest BCUT2D eigenvalue weighted by atomic mass is 10.2. The van der Waals surface area contributed by atoms with Crippen molar-refractivity contribution in [1.29, 1.82) is 0 Å². The Morgan fingerprint density at radius 2 is 1.73 bits per heavy atom. The van der Waals surface area contributed by atoms with Gasteiger partial charge in [-0.1, -0.05) is 0 Å². The normalized spacial score (nSPS) is 32.5. The van der Waals surface area contributed by atoms with Crippen molar-refractivity contribution in [1.82, 2.24) is 14.8 Å². The fourth-order valence-electron chi connectivity index (χ4n) is 3.03. The van der Waals surface area contributed by atoms with E-state index in [0.717, 1.165) is 6.54 Å². The number of rotatable bonds is 2. The van der Waals surface area contributed by atoms with Gasteiger partial charge in [-0.15, -0.1) is 0 Å². The Bertz CT molecular complexity index is 306. The predicted molar refractivity (Wildman–Crippen MR) is 60.4 cm³/mol. The molecule has 2 aliphatic heterocycles. The lowest BCUT2D eigenvalue weighted by molar-refractivity contribution is 0.0224. The molecule has 1 N–H and O–H groups in total. The molecule has 0 radical (unpaired) electrons. The van der Waals surface area contributed by atoms with Crippen LogP contribution in [0.2, 0.25) is 0 Å². The summed E-state index contributed by atoms with van der Waals surface area (Å²) in [5, 5.41) is 3.70. The first-order valence-electron chi connectivity index (χ1n) is 6.05. The molecule has 1 aromatic rings. The molecule has 1 unspecified atom stereocenters. The van der Waals surface area contributed by atoms with Crippen LogP contribution in [0.1, 0.15) is 25.7 Å². The highest BCUT2D eigenvalue weighted by molar-refractivity contribution is 5.00. The quantitative estimate of drug-likeness (QED) is 0.791. The molecular formula is C12H19N3. The molecule has 3 heteroatoms. The first kappa shape index (κ1) is 9.43. The smallest absolute Gasteiger partial charge is 0.152 e. The summed E-state index contributed by atoms with van der Waals surface area (Å²) in [5.74, 6) is 0.0972. The van der Waals surface area contributed by atoms with Crippen LogP contribution in [0.5, 0.6) is 0 Å². The van der Waals surface area contributed by atoms with Gasteiger partial charge in [0.25, 0.3) is 0 Å². The Balaban J connectivity index is 1.94. The van der Waals surface area contributed by atoms with Crippen LogP contribution in [0, 0.1) is 0 Å². The number of hydrogen-bond donors (Lipinski definition) is 1. The summed E-state index contributed by atoms with van der Waals surface area (Å²) < 4.78 is 2.35. The molecule has 1 atom stereocenters. The van der Waals surface area contributed by atoms with Gasteiger partial charge in [-0.3, -0.25) is 10.2 Å².